The van der Waals surface area contributed by atoms with Crippen LogP contribution in [0.25, 0.3) is 0 Å². The highest BCUT2D eigenvalue weighted by Gasteiger charge is 2.18. The molecular formula is C16H27NO2. The lowest BCUT2D eigenvalue weighted by atomic mass is 9.90. The molecule has 0 spiro atoms. The first kappa shape index (κ1) is 15.8. The summed E-state index contributed by atoms with van der Waals surface area (Å²) in [5, 5.41) is 10.4. The van der Waals surface area contributed by atoms with Crippen LogP contribution in [0.3, 0.4) is 0 Å². The van der Waals surface area contributed by atoms with Crippen molar-refractivity contribution < 1.29 is 9.84 Å². The molecule has 1 aromatic rings. The molecule has 0 saturated carbocycles. The van der Waals surface area contributed by atoms with Crippen LogP contribution in [0.15, 0.2) is 18.2 Å². The van der Waals surface area contributed by atoms with E-state index in [4.69, 9.17) is 10.5 Å². The van der Waals surface area contributed by atoms with Crippen LogP contribution in [0.2, 0.25) is 0 Å². The molecule has 0 fully saturated rings. The second-order valence-electron chi connectivity index (χ2n) is 5.13. The average molecular weight is 265 g/mol. The minimum Gasteiger partial charge on any atom is -0.495 e. The summed E-state index contributed by atoms with van der Waals surface area (Å²) in [6, 6.07) is 5.58. The van der Waals surface area contributed by atoms with Gasteiger partial charge in [0.05, 0.1) is 18.9 Å². The SMILES string of the molecule is CCCCC(CC)CC(O)c1cccc(OC)c1N. The van der Waals surface area contributed by atoms with E-state index in [0.717, 1.165) is 18.4 Å². The third kappa shape index (κ3) is 4.43. The van der Waals surface area contributed by atoms with E-state index in [1.165, 1.54) is 19.3 Å². The van der Waals surface area contributed by atoms with Gasteiger partial charge in [0.25, 0.3) is 0 Å². The fourth-order valence-corrected chi connectivity index (χ4v) is 2.45. The molecule has 0 aliphatic carbocycles. The highest BCUT2D eigenvalue weighted by atomic mass is 16.5. The number of aliphatic hydroxyl groups excluding tert-OH is 1. The van der Waals surface area contributed by atoms with Gasteiger partial charge in [0.2, 0.25) is 0 Å². The van der Waals surface area contributed by atoms with Gasteiger partial charge in [-0.1, -0.05) is 51.7 Å². The van der Waals surface area contributed by atoms with Crippen LogP contribution in [0, 0.1) is 5.92 Å². The van der Waals surface area contributed by atoms with Crippen molar-refractivity contribution in [3.63, 3.8) is 0 Å². The molecule has 3 nitrogen and oxygen atoms in total. The van der Waals surface area contributed by atoms with Crippen LogP contribution in [-0.2, 0) is 0 Å². The molecule has 0 bridgehead atoms. The van der Waals surface area contributed by atoms with Crippen LogP contribution in [0.5, 0.6) is 5.75 Å². The molecule has 0 aliphatic heterocycles. The van der Waals surface area contributed by atoms with Gasteiger partial charge in [-0.25, -0.2) is 0 Å². The third-order valence-electron chi connectivity index (χ3n) is 3.78. The van der Waals surface area contributed by atoms with E-state index in [1.54, 1.807) is 7.11 Å². The quantitative estimate of drug-likeness (QED) is 0.700. The number of anilines is 1. The number of nitrogen functional groups attached to an aromatic ring is 1. The van der Waals surface area contributed by atoms with Gasteiger partial charge in [-0.3, -0.25) is 0 Å². The highest BCUT2D eigenvalue weighted by molar-refractivity contribution is 5.59. The molecule has 0 saturated heterocycles. The minimum absolute atomic E-state index is 0.503. The Hall–Kier alpha value is -1.22. The summed E-state index contributed by atoms with van der Waals surface area (Å²) in [5.41, 5.74) is 7.37. The fourth-order valence-electron chi connectivity index (χ4n) is 2.45. The molecule has 2 unspecified atom stereocenters. The second kappa shape index (κ2) is 8.05. The van der Waals surface area contributed by atoms with Crippen LogP contribution in [-0.4, -0.2) is 12.2 Å². The summed E-state index contributed by atoms with van der Waals surface area (Å²) in [4.78, 5) is 0. The summed E-state index contributed by atoms with van der Waals surface area (Å²) in [6.45, 7) is 4.38. The standard InChI is InChI=1S/C16H27NO2/c1-4-6-8-12(5-2)11-14(18)13-9-7-10-15(19-3)16(13)17/h7,9-10,12,14,18H,4-6,8,11,17H2,1-3H3. The Morgan fingerprint density at radius 2 is 2.05 bits per heavy atom. The van der Waals surface area contributed by atoms with Crippen molar-refractivity contribution in [1.29, 1.82) is 0 Å². The van der Waals surface area contributed by atoms with Gasteiger partial charge in [-0.05, 0) is 18.4 Å². The lowest BCUT2D eigenvalue weighted by Gasteiger charge is -2.21. The predicted molar refractivity (Wildman–Crippen MR) is 80.3 cm³/mol. The largest absolute Gasteiger partial charge is 0.495 e. The van der Waals surface area contributed by atoms with Crippen molar-refractivity contribution in [2.75, 3.05) is 12.8 Å². The number of para-hydroxylation sites is 1. The van der Waals surface area contributed by atoms with E-state index in [9.17, 15) is 5.11 Å². The Morgan fingerprint density at radius 1 is 1.32 bits per heavy atom. The zero-order chi connectivity index (χ0) is 14.3. The lowest BCUT2D eigenvalue weighted by Crippen LogP contribution is -2.09. The smallest absolute Gasteiger partial charge is 0.142 e. The van der Waals surface area contributed by atoms with E-state index in [1.807, 2.05) is 18.2 Å². The first-order valence-corrected chi connectivity index (χ1v) is 7.24. The van der Waals surface area contributed by atoms with Gasteiger partial charge in [0, 0.05) is 5.56 Å². The van der Waals surface area contributed by atoms with Crippen LogP contribution >= 0.6 is 0 Å². The third-order valence-corrected chi connectivity index (χ3v) is 3.78. The molecule has 108 valence electrons. The monoisotopic (exact) mass is 265 g/mol. The van der Waals surface area contributed by atoms with E-state index in [0.29, 0.717) is 17.4 Å². The van der Waals surface area contributed by atoms with Crippen molar-refractivity contribution in [3.05, 3.63) is 23.8 Å². The molecular weight excluding hydrogens is 238 g/mol. The van der Waals surface area contributed by atoms with E-state index >= 15 is 0 Å². The molecule has 2 atom stereocenters. The van der Waals surface area contributed by atoms with E-state index in [2.05, 4.69) is 13.8 Å². The highest BCUT2D eigenvalue weighted by Crippen LogP contribution is 2.33. The Labute approximate surface area is 116 Å². The summed E-state index contributed by atoms with van der Waals surface area (Å²) in [6.07, 6.45) is 4.96. The van der Waals surface area contributed by atoms with Gasteiger partial charge in [-0.15, -0.1) is 0 Å². The van der Waals surface area contributed by atoms with Crippen molar-refractivity contribution in [2.24, 2.45) is 5.92 Å². The van der Waals surface area contributed by atoms with Crippen LogP contribution in [0.1, 0.15) is 57.6 Å². The van der Waals surface area contributed by atoms with Gasteiger partial charge in [-0.2, -0.15) is 0 Å². The first-order valence-electron chi connectivity index (χ1n) is 7.24. The van der Waals surface area contributed by atoms with E-state index < -0.39 is 6.10 Å². The second-order valence-corrected chi connectivity index (χ2v) is 5.13. The average Bonchev–Trinajstić information content (AvgIpc) is 2.43. The summed E-state index contributed by atoms with van der Waals surface area (Å²) >= 11 is 0. The number of hydrogen-bond donors (Lipinski definition) is 2. The number of nitrogens with two attached hydrogens (primary N) is 1. The molecule has 0 aliphatic rings. The Balaban J connectivity index is 2.73. The van der Waals surface area contributed by atoms with Crippen LogP contribution in [0.4, 0.5) is 5.69 Å². The van der Waals surface area contributed by atoms with Crippen molar-refractivity contribution in [2.45, 2.75) is 52.1 Å². The van der Waals surface area contributed by atoms with E-state index in [-0.39, 0.29) is 0 Å². The maximum atomic E-state index is 10.4. The zero-order valence-corrected chi connectivity index (χ0v) is 12.4. The number of hydrogen-bond acceptors (Lipinski definition) is 3. The predicted octanol–water partition coefficient (Wildman–Crippen LogP) is 3.92. The Kier molecular flexibility index (Phi) is 6.71. The van der Waals surface area contributed by atoms with Gasteiger partial charge in [0.1, 0.15) is 5.75 Å². The topological polar surface area (TPSA) is 55.5 Å². The normalized spacial score (nSPS) is 14.1. The number of rotatable bonds is 8. The van der Waals surface area contributed by atoms with Crippen LogP contribution < -0.4 is 10.5 Å². The molecule has 0 heterocycles. The van der Waals surface area contributed by atoms with Gasteiger partial charge in [0.15, 0.2) is 0 Å². The summed E-state index contributed by atoms with van der Waals surface area (Å²) < 4.78 is 5.20. The Bertz CT molecular complexity index is 379. The molecule has 0 radical (unpaired) electrons. The minimum atomic E-state index is -0.503. The number of benzene rings is 1. The van der Waals surface area contributed by atoms with Crippen molar-refractivity contribution >= 4 is 5.69 Å². The molecule has 1 rings (SSSR count). The lowest BCUT2D eigenvalue weighted by molar-refractivity contribution is 0.139. The number of aliphatic hydroxyl groups is 1. The van der Waals surface area contributed by atoms with Gasteiger partial charge < -0.3 is 15.6 Å². The number of ether oxygens (including phenoxy) is 1. The zero-order valence-electron chi connectivity index (χ0n) is 12.4. The van der Waals surface area contributed by atoms with Gasteiger partial charge >= 0.3 is 0 Å². The molecule has 1 aromatic carbocycles. The molecule has 3 heteroatoms. The van der Waals surface area contributed by atoms with Crippen molar-refractivity contribution in [3.8, 4) is 5.75 Å². The maximum absolute atomic E-state index is 10.4. The molecule has 19 heavy (non-hydrogen) atoms. The molecule has 0 amide bonds. The van der Waals surface area contributed by atoms with Crippen molar-refractivity contribution in [1.82, 2.24) is 0 Å². The summed E-state index contributed by atoms with van der Waals surface area (Å²) in [5.74, 6) is 1.19. The molecule has 0 aromatic heterocycles. The molecule has 3 N–H and O–H groups in total. The first-order chi connectivity index (χ1) is 9.13. The summed E-state index contributed by atoms with van der Waals surface area (Å²) in [7, 11) is 1.60. The number of methoxy groups -OCH3 is 1. The Morgan fingerprint density at radius 3 is 2.63 bits per heavy atom. The fraction of sp³-hybridized carbons (Fsp3) is 0.625. The number of unbranched alkanes of at least 4 members (excludes halogenated alkanes) is 1. The maximum Gasteiger partial charge on any atom is 0.142 e.